The molecule has 1 heterocycles. The summed E-state index contributed by atoms with van der Waals surface area (Å²) < 4.78 is 0. The van der Waals surface area contributed by atoms with Crippen LogP contribution in [0, 0.1) is 23.7 Å². The van der Waals surface area contributed by atoms with Crippen molar-refractivity contribution in [2.45, 2.75) is 19.9 Å². The summed E-state index contributed by atoms with van der Waals surface area (Å²) in [6, 6.07) is 7.29. The molecule has 2 aliphatic carbocycles. The first-order valence-electron chi connectivity index (χ1n) is 10.9. The maximum Gasteiger partial charge on any atom is 0.251 e. The Balaban J connectivity index is 1.31. The number of nitrogens with one attached hydrogen (secondary N) is 3. The third kappa shape index (κ3) is 4.06. The summed E-state index contributed by atoms with van der Waals surface area (Å²) >= 11 is 0. The van der Waals surface area contributed by atoms with E-state index in [1.165, 1.54) is 4.90 Å². The van der Waals surface area contributed by atoms with Gasteiger partial charge in [-0.1, -0.05) is 24.3 Å². The van der Waals surface area contributed by atoms with Gasteiger partial charge in [-0.05, 0) is 42.9 Å². The number of carbonyl (C=O) groups is 3. The number of allylic oxidation sites excluding steroid dienone is 2. The lowest BCUT2D eigenvalue weighted by Gasteiger charge is -2.18. The molecule has 4 rings (SSSR count). The van der Waals surface area contributed by atoms with Crippen LogP contribution in [0.4, 0.5) is 0 Å². The van der Waals surface area contributed by atoms with Gasteiger partial charge in [0.15, 0.2) is 5.96 Å². The molecule has 1 saturated heterocycles. The minimum atomic E-state index is -0.151. The van der Waals surface area contributed by atoms with Crippen molar-refractivity contribution < 1.29 is 14.4 Å². The van der Waals surface area contributed by atoms with E-state index in [2.05, 4.69) is 33.1 Å². The third-order valence-corrected chi connectivity index (χ3v) is 6.40. The molecule has 3 N–H and O–H groups in total. The molecule has 0 radical (unpaired) electrons. The molecule has 2 fully saturated rings. The summed E-state index contributed by atoms with van der Waals surface area (Å²) in [4.78, 5) is 43.2. The minimum Gasteiger partial charge on any atom is -0.357 e. The predicted molar refractivity (Wildman–Crippen MR) is 117 cm³/mol. The van der Waals surface area contributed by atoms with Crippen molar-refractivity contribution in [2.24, 2.45) is 28.7 Å². The molecule has 4 atom stereocenters. The smallest absolute Gasteiger partial charge is 0.251 e. The second-order valence-electron chi connectivity index (χ2n) is 8.23. The highest BCUT2D eigenvalue weighted by molar-refractivity contribution is 6.06. The Morgan fingerprint density at radius 3 is 2.29 bits per heavy atom. The topological polar surface area (TPSA) is 103 Å². The van der Waals surface area contributed by atoms with Gasteiger partial charge in [-0.3, -0.25) is 19.3 Å². The van der Waals surface area contributed by atoms with Gasteiger partial charge in [0, 0.05) is 32.2 Å². The molecule has 2 bridgehead atoms. The lowest BCUT2D eigenvalue weighted by atomic mass is 9.85. The van der Waals surface area contributed by atoms with Gasteiger partial charge in [0.05, 0.1) is 18.4 Å². The van der Waals surface area contributed by atoms with E-state index in [0.29, 0.717) is 37.7 Å². The fourth-order valence-electron chi connectivity index (χ4n) is 4.89. The zero-order valence-electron chi connectivity index (χ0n) is 17.9. The van der Waals surface area contributed by atoms with Gasteiger partial charge >= 0.3 is 0 Å². The van der Waals surface area contributed by atoms with E-state index in [1.807, 2.05) is 19.1 Å². The van der Waals surface area contributed by atoms with Crippen LogP contribution in [-0.2, 0) is 16.1 Å². The van der Waals surface area contributed by atoms with Crippen LogP contribution in [0.2, 0.25) is 0 Å². The van der Waals surface area contributed by atoms with Crippen molar-refractivity contribution >= 4 is 23.7 Å². The fourth-order valence-corrected chi connectivity index (χ4v) is 4.89. The number of aliphatic imine (C=N–C) groups is 1. The standard InChI is InChI=1S/C23H29N5O3/c1-3-25-23(27-13-14-4-6-15(7-5-14)20(29)24-2)26-10-11-28-21(30)18-16-8-9-17(12-16)19(18)22(28)31/h4-9,16-19H,3,10-13H2,1-2H3,(H,24,29)(H2,25,26,27). The summed E-state index contributed by atoms with van der Waals surface area (Å²) in [7, 11) is 1.60. The van der Waals surface area contributed by atoms with Crippen LogP contribution in [-0.4, -0.2) is 55.3 Å². The van der Waals surface area contributed by atoms with E-state index in [4.69, 9.17) is 0 Å². The maximum atomic E-state index is 12.8. The quantitative estimate of drug-likeness (QED) is 0.262. The summed E-state index contributed by atoms with van der Waals surface area (Å²) in [5, 5.41) is 8.99. The van der Waals surface area contributed by atoms with E-state index < -0.39 is 0 Å². The summed E-state index contributed by atoms with van der Waals surface area (Å²) in [5.41, 5.74) is 1.58. The number of nitrogens with zero attached hydrogens (tertiary/aromatic N) is 2. The van der Waals surface area contributed by atoms with Gasteiger partial charge in [0.2, 0.25) is 11.8 Å². The molecule has 0 spiro atoms. The van der Waals surface area contributed by atoms with Crippen LogP contribution < -0.4 is 16.0 Å². The Labute approximate surface area is 182 Å². The first-order chi connectivity index (χ1) is 15.0. The normalized spacial score (nSPS) is 26.4. The third-order valence-electron chi connectivity index (χ3n) is 6.40. The number of imide groups is 1. The Kier molecular flexibility index (Phi) is 6.06. The molecule has 8 heteroatoms. The van der Waals surface area contributed by atoms with Gasteiger partial charge < -0.3 is 16.0 Å². The lowest BCUT2D eigenvalue weighted by Crippen LogP contribution is -2.43. The highest BCUT2D eigenvalue weighted by Gasteiger charge is 2.58. The number of hydrogen-bond acceptors (Lipinski definition) is 4. The van der Waals surface area contributed by atoms with Gasteiger partial charge in [-0.2, -0.15) is 0 Å². The zero-order valence-corrected chi connectivity index (χ0v) is 17.9. The SMILES string of the molecule is CCNC(=NCc1ccc(C(=O)NC)cc1)NCCN1C(=O)C2C3C=CC(C3)C2C1=O. The summed E-state index contributed by atoms with van der Waals surface area (Å²) in [6.07, 6.45) is 5.16. The average Bonchev–Trinajstić information content (AvgIpc) is 3.47. The van der Waals surface area contributed by atoms with E-state index in [1.54, 1.807) is 19.2 Å². The molecule has 3 amide bonds. The molecule has 1 aliphatic heterocycles. The predicted octanol–water partition coefficient (Wildman–Crippen LogP) is 0.908. The molecule has 1 aromatic carbocycles. The van der Waals surface area contributed by atoms with Crippen molar-refractivity contribution in [3.05, 3.63) is 47.5 Å². The van der Waals surface area contributed by atoms with Crippen LogP contribution in [0.5, 0.6) is 0 Å². The van der Waals surface area contributed by atoms with Gasteiger partial charge in [0.1, 0.15) is 0 Å². The van der Waals surface area contributed by atoms with Crippen molar-refractivity contribution in [1.29, 1.82) is 0 Å². The first kappa shape index (κ1) is 21.1. The zero-order chi connectivity index (χ0) is 22.0. The van der Waals surface area contributed by atoms with Crippen LogP contribution in [0.1, 0.15) is 29.3 Å². The molecular formula is C23H29N5O3. The van der Waals surface area contributed by atoms with Crippen LogP contribution in [0.15, 0.2) is 41.4 Å². The second kappa shape index (κ2) is 8.91. The molecule has 31 heavy (non-hydrogen) atoms. The first-order valence-corrected chi connectivity index (χ1v) is 10.9. The highest BCUT2D eigenvalue weighted by Crippen LogP contribution is 2.52. The average molecular weight is 424 g/mol. The van der Waals surface area contributed by atoms with Gasteiger partial charge in [-0.25, -0.2) is 4.99 Å². The number of rotatable bonds is 7. The van der Waals surface area contributed by atoms with Crippen molar-refractivity contribution in [3.8, 4) is 0 Å². The molecule has 1 aromatic rings. The largest absolute Gasteiger partial charge is 0.357 e. The van der Waals surface area contributed by atoms with E-state index in [9.17, 15) is 14.4 Å². The molecule has 8 nitrogen and oxygen atoms in total. The number of hydrogen-bond donors (Lipinski definition) is 3. The lowest BCUT2D eigenvalue weighted by molar-refractivity contribution is -0.140. The molecular weight excluding hydrogens is 394 g/mol. The van der Waals surface area contributed by atoms with Gasteiger partial charge in [0.25, 0.3) is 5.91 Å². The van der Waals surface area contributed by atoms with E-state index >= 15 is 0 Å². The number of fused-ring (bicyclic) bond motifs is 5. The molecule has 3 aliphatic rings. The number of benzene rings is 1. The summed E-state index contributed by atoms with van der Waals surface area (Å²) in [5.74, 6) is 0.627. The highest BCUT2D eigenvalue weighted by atomic mass is 16.2. The van der Waals surface area contributed by atoms with Crippen molar-refractivity contribution in [1.82, 2.24) is 20.9 Å². The maximum absolute atomic E-state index is 12.8. The second-order valence-corrected chi connectivity index (χ2v) is 8.23. The van der Waals surface area contributed by atoms with Crippen molar-refractivity contribution in [2.75, 3.05) is 26.7 Å². The summed E-state index contributed by atoms with van der Waals surface area (Å²) in [6.45, 7) is 3.91. The molecule has 164 valence electrons. The molecule has 0 aromatic heterocycles. The van der Waals surface area contributed by atoms with Crippen LogP contribution in [0.25, 0.3) is 0 Å². The Bertz CT molecular complexity index is 894. The number of guanidine groups is 1. The number of carbonyl (C=O) groups excluding carboxylic acids is 3. The Morgan fingerprint density at radius 2 is 1.71 bits per heavy atom. The Hall–Kier alpha value is -3.16. The van der Waals surface area contributed by atoms with Gasteiger partial charge in [-0.15, -0.1) is 0 Å². The van der Waals surface area contributed by atoms with E-state index in [-0.39, 0.29) is 41.4 Å². The van der Waals surface area contributed by atoms with E-state index in [0.717, 1.165) is 12.0 Å². The number of amides is 3. The molecule has 4 unspecified atom stereocenters. The minimum absolute atomic E-state index is 0.0215. The van der Waals surface area contributed by atoms with Crippen molar-refractivity contribution in [3.63, 3.8) is 0 Å². The fraction of sp³-hybridized carbons (Fsp3) is 0.478. The monoisotopic (exact) mass is 423 g/mol. The van der Waals surface area contributed by atoms with Crippen LogP contribution in [0.3, 0.4) is 0 Å². The number of likely N-dealkylation sites (tertiary alicyclic amines) is 1. The molecule has 1 saturated carbocycles. The van der Waals surface area contributed by atoms with Crippen LogP contribution >= 0.6 is 0 Å². The Morgan fingerprint density at radius 1 is 1.06 bits per heavy atom.